The summed E-state index contributed by atoms with van der Waals surface area (Å²) in [6, 6.07) is 0.580. The molecule has 7 heteroatoms. The molecule has 17 heavy (non-hydrogen) atoms. The van der Waals surface area contributed by atoms with E-state index in [1.54, 1.807) is 0 Å². The Balaban J connectivity index is 1.75. The van der Waals surface area contributed by atoms with Crippen molar-refractivity contribution in [2.24, 2.45) is 0 Å². The number of carbonyl (C=O) groups excluding carboxylic acids is 1. The van der Waals surface area contributed by atoms with Gasteiger partial charge in [0.25, 0.3) is 0 Å². The molecule has 0 saturated heterocycles. The van der Waals surface area contributed by atoms with Crippen LogP contribution in [0.2, 0.25) is 0 Å². The topological polar surface area (TPSA) is 93.9 Å². The molecule has 1 saturated carbocycles. The summed E-state index contributed by atoms with van der Waals surface area (Å²) in [5.41, 5.74) is -0.359. The third-order valence-corrected chi connectivity index (χ3v) is 2.82. The lowest BCUT2D eigenvalue weighted by atomic mass is 10.4. The molecule has 1 fully saturated rings. The van der Waals surface area contributed by atoms with Crippen molar-refractivity contribution in [1.82, 2.24) is 25.4 Å². The molecule has 2 rings (SSSR count). The van der Waals surface area contributed by atoms with Gasteiger partial charge in [-0.25, -0.2) is 9.89 Å². The second-order valence-electron chi connectivity index (χ2n) is 4.20. The Labute approximate surface area is 98.6 Å². The smallest absolute Gasteiger partial charge is 0.340 e. The standard InChI is InChI=1S/C10H17N5O2/c1-2-15(7-3-4-7)6-9(16)11-5-8-12-10(17)14-13-8/h7H,2-6H2,1H3,(H,11,16)(H2,12,13,14,17). The number of amides is 1. The maximum absolute atomic E-state index is 11.6. The van der Waals surface area contributed by atoms with E-state index < -0.39 is 0 Å². The first-order valence-corrected chi connectivity index (χ1v) is 5.83. The van der Waals surface area contributed by atoms with Crippen LogP contribution >= 0.6 is 0 Å². The molecular formula is C10H17N5O2. The summed E-state index contributed by atoms with van der Waals surface area (Å²) in [5.74, 6) is 0.403. The number of carbonyl (C=O) groups is 1. The maximum Gasteiger partial charge on any atom is 0.340 e. The number of likely N-dealkylation sites (N-methyl/N-ethyl adjacent to an activating group) is 1. The summed E-state index contributed by atoms with van der Waals surface area (Å²) in [5, 5.41) is 8.69. The highest BCUT2D eigenvalue weighted by Gasteiger charge is 2.28. The van der Waals surface area contributed by atoms with Gasteiger partial charge >= 0.3 is 5.69 Å². The molecule has 1 aliphatic carbocycles. The Morgan fingerprint density at radius 1 is 1.59 bits per heavy atom. The average molecular weight is 239 g/mol. The van der Waals surface area contributed by atoms with Crippen molar-refractivity contribution in [2.75, 3.05) is 13.1 Å². The SMILES string of the molecule is CCN(CC(=O)NCc1n[nH]c(=O)[nH]1)C1CC1. The first-order chi connectivity index (χ1) is 8.19. The molecular weight excluding hydrogens is 222 g/mol. The first kappa shape index (κ1) is 11.8. The second kappa shape index (κ2) is 5.13. The normalized spacial score (nSPS) is 15.2. The molecule has 0 atom stereocenters. The molecule has 3 N–H and O–H groups in total. The van der Waals surface area contributed by atoms with Crippen LogP contribution in [0.3, 0.4) is 0 Å². The van der Waals surface area contributed by atoms with Crippen LogP contribution < -0.4 is 11.0 Å². The fourth-order valence-corrected chi connectivity index (χ4v) is 1.75. The third kappa shape index (κ3) is 3.42. The number of aromatic amines is 2. The Hall–Kier alpha value is -1.63. The highest BCUT2D eigenvalue weighted by molar-refractivity contribution is 5.78. The zero-order valence-corrected chi connectivity index (χ0v) is 9.82. The summed E-state index contributed by atoms with van der Waals surface area (Å²) in [7, 11) is 0. The lowest BCUT2D eigenvalue weighted by molar-refractivity contribution is -0.122. The summed E-state index contributed by atoms with van der Waals surface area (Å²) in [4.78, 5) is 27.0. The van der Waals surface area contributed by atoms with E-state index in [2.05, 4.69) is 32.3 Å². The van der Waals surface area contributed by atoms with E-state index in [1.807, 2.05) is 0 Å². The van der Waals surface area contributed by atoms with Crippen molar-refractivity contribution in [2.45, 2.75) is 32.4 Å². The first-order valence-electron chi connectivity index (χ1n) is 5.83. The van der Waals surface area contributed by atoms with Gasteiger partial charge in [-0.1, -0.05) is 6.92 Å². The summed E-state index contributed by atoms with van der Waals surface area (Å²) in [6.07, 6.45) is 2.38. The Kier molecular flexibility index (Phi) is 3.58. The van der Waals surface area contributed by atoms with Gasteiger partial charge in [-0.2, -0.15) is 5.10 Å². The molecule has 7 nitrogen and oxygen atoms in total. The molecule has 0 bridgehead atoms. The van der Waals surface area contributed by atoms with Gasteiger partial charge in [-0.3, -0.25) is 14.7 Å². The van der Waals surface area contributed by atoms with Crippen molar-refractivity contribution >= 4 is 5.91 Å². The molecule has 1 amide bonds. The van der Waals surface area contributed by atoms with E-state index in [1.165, 1.54) is 12.8 Å². The number of rotatable bonds is 6. The van der Waals surface area contributed by atoms with Crippen LogP contribution in [0.15, 0.2) is 4.79 Å². The minimum absolute atomic E-state index is 0.0393. The predicted molar refractivity (Wildman–Crippen MR) is 61.3 cm³/mol. The highest BCUT2D eigenvalue weighted by atomic mass is 16.2. The molecule has 0 aromatic carbocycles. The van der Waals surface area contributed by atoms with E-state index in [-0.39, 0.29) is 18.1 Å². The van der Waals surface area contributed by atoms with Crippen LogP contribution in [-0.4, -0.2) is 45.1 Å². The summed E-state index contributed by atoms with van der Waals surface area (Å²) < 4.78 is 0. The van der Waals surface area contributed by atoms with Gasteiger partial charge in [-0.15, -0.1) is 0 Å². The molecule has 0 unspecified atom stereocenters. The highest BCUT2D eigenvalue weighted by Crippen LogP contribution is 2.25. The molecule has 0 radical (unpaired) electrons. The molecule has 1 aliphatic rings. The molecule has 1 aromatic rings. The number of H-pyrrole nitrogens is 2. The third-order valence-electron chi connectivity index (χ3n) is 2.82. The second-order valence-corrected chi connectivity index (χ2v) is 4.20. The summed E-state index contributed by atoms with van der Waals surface area (Å²) in [6.45, 7) is 3.60. The Morgan fingerprint density at radius 2 is 2.35 bits per heavy atom. The summed E-state index contributed by atoms with van der Waals surface area (Å²) >= 11 is 0. The van der Waals surface area contributed by atoms with E-state index in [0.717, 1.165) is 6.54 Å². The van der Waals surface area contributed by atoms with Crippen LogP contribution in [-0.2, 0) is 11.3 Å². The van der Waals surface area contributed by atoms with Crippen molar-refractivity contribution in [3.05, 3.63) is 16.3 Å². The van der Waals surface area contributed by atoms with Crippen molar-refractivity contribution in [1.29, 1.82) is 0 Å². The number of nitrogens with one attached hydrogen (secondary N) is 3. The van der Waals surface area contributed by atoms with Gasteiger partial charge in [-0.05, 0) is 19.4 Å². The van der Waals surface area contributed by atoms with Gasteiger partial charge in [0.15, 0.2) is 0 Å². The van der Waals surface area contributed by atoms with Crippen molar-refractivity contribution < 1.29 is 4.79 Å². The Bertz CT molecular complexity index is 434. The van der Waals surface area contributed by atoms with E-state index >= 15 is 0 Å². The van der Waals surface area contributed by atoms with Gasteiger partial charge < -0.3 is 5.32 Å². The fraction of sp³-hybridized carbons (Fsp3) is 0.700. The van der Waals surface area contributed by atoms with E-state index in [9.17, 15) is 9.59 Å². The van der Waals surface area contributed by atoms with Crippen LogP contribution in [0.5, 0.6) is 0 Å². The van der Waals surface area contributed by atoms with Crippen LogP contribution in [0.4, 0.5) is 0 Å². The quantitative estimate of drug-likeness (QED) is 0.605. The van der Waals surface area contributed by atoms with Gasteiger partial charge in [0.05, 0.1) is 13.1 Å². The molecule has 1 aromatic heterocycles. The molecule has 94 valence electrons. The van der Waals surface area contributed by atoms with E-state index in [4.69, 9.17) is 0 Å². The average Bonchev–Trinajstić information content (AvgIpc) is 3.07. The maximum atomic E-state index is 11.6. The minimum atomic E-state index is -0.359. The molecule has 0 aliphatic heterocycles. The van der Waals surface area contributed by atoms with Crippen molar-refractivity contribution in [3.8, 4) is 0 Å². The van der Waals surface area contributed by atoms with Crippen LogP contribution in [0.25, 0.3) is 0 Å². The lowest BCUT2D eigenvalue weighted by Crippen LogP contribution is -2.38. The van der Waals surface area contributed by atoms with Gasteiger partial charge in [0.1, 0.15) is 5.82 Å². The predicted octanol–water partition coefficient (Wildman–Crippen LogP) is -0.801. The number of hydrogen-bond acceptors (Lipinski definition) is 4. The lowest BCUT2D eigenvalue weighted by Gasteiger charge is -2.18. The fourth-order valence-electron chi connectivity index (χ4n) is 1.75. The molecule has 0 spiro atoms. The van der Waals surface area contributed by atoms with Gasteiger partial charge in [0.2, 0.25) is 5.91 Å². The monoisotopic (exact) mass is 239 g/mol. The van der Waals surface area contributed by atoms with Crippen LogP contribution in [0, 0.1) is 0 Å². The van der Waals surface area contributed by atoms with Crippen LogP contribution in [0.1, 0.15) is 25.6 Å². The minimum Gasteiger partial charge on any atom is -0.348 e. The Morgan fingerprint density at radius 3 is 2.88 bits per heavy atom. The van der Waals surface area contributed by atoms with E-state index in [0.29, 0.717) is 18.4 Å². The zero-order chi connectivity index (χ0) is 12.3. The zero-order valence-electron chi connectivity index (χ0n) is 9.82. The number of hydrogen-bond donors (Lipinski definition) is 3. The number of nitrogens with zero attached hydrogens (tertiary/aromatic N) is 2. The van der Waals surface area contributed by atoms with Crippen molar-refractivity contribution in [3.63, 3.8) is 0 Å². The largest absolute Gasteiger partial charge is 0.348 e. The molecule has 1 heterocycles. The number of aromatic nitrogens is 3. The van der Waals surface area contributed by atoms with Gasteiger partial charge in [0, 0.05) is 6.04 Å².